The van der Waals surface area contributed by atoms with Crippen molar-refractivity contribution < 1.29 is 19.1 Å². The topological polar surface area (TPSA) is 83.9 Å². The second-order valence-corrected chi connectivity index (χ2v) is 12.4. The van der Waals surface area contributed by atoms with Crippen molar-refractivity contribution in [3.63, 3.8) is 0 Å². The van der Waals surface area contributed by atoms with Crippen LogP contribution in [0.2, 0.25) is 18.1 Å². The highest BCUT2D eigenvalue weighted by atomic mass is 28.4. The molecular weight excluding hydrogens is 312 g/mol. The summed E-state index contributed by atoms with van der Waals surface area (Å²) in [7, 11) is -1.97. The monoisotopic (exact) mass is 341 g/mol. The summed E-state index contributed by atoms with van der Waals surface area (Å²) in [5.41, 5.74) is -0.457. The van der Waals surface area contributed by atoms with Crippen LogP contribution in [0.25, 0.3) is 4.98 Å². The number of aliphatic hydroxyl groups excluding tert-OH is 1. The Hall–Kier alpha value is -1.39. The van der Waals surface area contributed by atoms with E-state index in [1.807, 2.05) is 0 Å². The lowest BCUT2D eigenvalue weighted by atomic mass is 9.95. The lowest BCUT2D eigenvalue weighted by molar-refractivity contribution is -0.151. The van der Waals surface area contributed by atoms with Crippen molar-refractivity contribution in [2.45, 2.75) is 83.7 Å². The first-order chi connectivity index (χ1) is 10.5. The minimum absolute atomic E-state index is 0.0756. The molecule has 0 heterocycles. The second-order valence-electron chi connectivity index (χ2n) is 7.68. The molecule has 1 fully saturated rings. The number of esters is 1. The third-order valence-corrected chi connectivity index (χ3v) is 9.29. The van der Waals surface area contributed by atoms with Gasteiger partial charge in [-0.05, 0) is 37.4 Å². The van der Waals surface area contributed by atoms with Gasteiger partial charge in [-0.1, -0.05) is 27.2 Å². The van der Waals surface area contributed by atoms with E-state index < -0.39 is 20.0 Å². The number of allylic oxidation sites excluding steroid dienone is 1. The van der Waals surface area contributed by atoms with E-state index in [-0.39, 0.29) is 23.0 Å². The quantitative estimate of drug-likeness (QED) is 0.267. The average molecular weight is 342 g/mol. The number of hydrogen-bond donors (Lipinski definition) is 1. The molecule has 0 aromatic heterocycles. The summed E-state index contributed by atoms with van der Waals surface area (Å²) in [6.07, 6.45) is 3.04. The Balaban J connectivity index is 2.86. The molecule has 0 saturated heterocycles. The van der Waals surface area contributed by atoms with E-state index in [4.69, 9.17) is 14.6 Å². The average Bonchev–Trinajstić information content (AvgIpc) is 2.39. The molecule has 2 atom stereocenters. The number of carbonyl (C=O) groups is 1. The minimum atomic E-state index is -1.97. The SMILES string of the molecule is C/C(O)=C(\[N+]#N)C(=O)O[C@@H]1CCCC[C@@H]1O[Si](C)(C)C(C)(C)C. The molecule has 0 bridgehead atoms. The maximum absolute atomic E-state index is 12.1. The third-order valence-electron chi connectivity index (χ3n) is 4.79. The molecule has 23 heavy (non-hydrogen) atoms. The fourth-order valence-corrected chi connectivity index (χ4v) is 3.72. The van der Waals surface area contributed by atoms with Crippen LogP contribution in [0, 0.1) is 5.39 Å². The summed E-state index contributed by atoms with van der Waals surface area (Å²) >= 11 is 0. The summed E-state index contributed by atoms with van der Waals surface area (Å²) in [5.74, 6) is -1.18. The Kier molecular flexibility index (Phi) is 6.37. The van der Waals surface area contributed by atoms with E-state index in [9.17, 15) is 9.90 Å². The van der Waals surface area contributed by atoms with Crippen molar-refractivity contribution in [3.05, 3.63) is 16.4 Å². The summed E-state index contributed by atoms with van der Waals surface area (Å²) in [6, 6.07) is 0. The van der Waals surface area contributed by atoms with E-state index in [2.05, 4.69) is 38.8 Å². The minimum Gasteiger partial charge on any atom is -0.505 e. The lowest BCUT2D eigenvalue weighted by Crippen LogP contribution is -2.49. The van der Waals surface area contributed by atoms with Crippen molar-refractivity contribution in [2.24, 2.45) is 0 Å². The Morgan fingerprint density at radius 3 is 2.17 bits per heavy atom. The fraction of sp³-hybridized carbons (Fsp3) is 0.812. The largest absolute Gasteiger partial charge is 0.505 e. The van der Waals surface area contributed by atoms with Crippen LogP contribution in [0.5, 0.6) is 0 Å². The molecule has 0 aromatic rings. The molecule has 0 aliphatic heterocycles. The van der Waals surface area contributed by atoms with E-state index in [0.29, 0.717) is 6.42 Å². The van der Waals surface area contributed by atoms with Crippen molar-refractivity contribution in [1.82, 2.24) is 0 Å². The predicted molar refractivity (Wildman–Crippen MR) is 90.8 cm³/mol. The number of rotatable bonds is 4. The zero-order valence-corrected chi connectivity index (χ0v) is 16.0. The molecule has 130 valence electrons. The standard InChI is InChI=1S/C16H28N2O4Si/c1-11(19)14(18-17)15(20)21-12-9-7-8-10-13(12)22-23(5,6)16(2,3)4/h12-13H,7-10H2,1-6H3/p+1/t12-,13+/m1/s1. The summed E-state index contributed by atoms with van der Waals surface area (Å²) in [6.45, 7) is 12.1. The second kappa shape index (κ2) is 7.45. The van der Waals surface area contributed by atoms with Crippen LogP contribution in [0.1, 0.15) is 53.4 Å². The van der Waals surface area contributed by atoms with Gasteiger partial charge in [0, 0.05) is 6.92 Å². The maximum Gasteiger partial charge on any atom is 0.504 e. The number of nitrogens with zero attached hydrogens (tertiary/aromatic N) is 2. The van der Waals surface area contributed by atoms with Crippen LogP contribution in [-0.2, 0) is 14.0 Å². The van der Waals surface area contributed by atoms with Gasteiger partial charge in [0.15, 0.2) is 19.1 Å². The van der Waals surface area contributed by atoms with Crippen molar-refractivity contribution in [2.75, 3.05) is 0 Å². The molecule has 0 radical (unpaired) electrons. The van der Waals surface area contributed by atoms with Gasteiger partial charge in [-0.15, -0.1) is 0 Å². The van der Waals surface area contributed by atoms with Crippen LogP contribution < -0.4 is 0 Å². The Morgan fingerprint density at radius 2 is 1.74 bits per heavy atom. The molecule has 1 N–H and O–H groups in total. The van der Waals surface area contributed by atoms with Gasteiger partial charge in [-0.25, -0.2) is 4.79 Å². The molecule has 1 rings (SSSR count). The number of hydrogen-bond acceptors (Lipinski definition) is 5. The van der Waals surface area contributed by atoms with Gasteiger partial charge in [0.05, 0.1) is 6.10 Å². The van der Waals surface area contributed by atoms with E-state index in [1.54, 1.807) is 0 Å². The highest BCUT2D eigenvalue weighted by Crippen LogP contribution is 2.39. The van der Waals surface area contributed by atoms with Crippen LogP contribution in [0.15, 0.2) is 11.5 Å². The van der Waals surface area contributed by atoms with Gasteiger partial charge >= 0.3 is 11.7 Å². The summed E-state index contributed by atoms with van der Waals surface area (Å²) in [5, 5.41) is 18.3. The van der Waals surface area contributed by atoms with Crippen molar-refractivity contribution in [3.8, 4) is 0 Å². The molecule has 1 saturated carbocycles. The molecule has 7 heteroatoms. The Morgan fingerprint density at radius 1 is 1.22 bits per heavy atom. The van der Waals surface area contributed by atoms with Crippen LogP contribution in [0.3, 0.4) is 0 Å². The maximum atomic E-state index is 12.1. The van der Waals surface area contributed by atoms with Gasteiger partial charge in [0.2, 0.25) is 5.39 Å². The first-order valence-corrected chi connectivity index (χ1v) is 11.0. The van der Waals surface area contributed by atoms with Gasteiger partial charge in [-0.2, -0.15) is 0 Å². The molecule has 1 aliphatic rings. The normalized spacial score (nSPS) is 23.7. The molecule has 0 unspecified atom stereocenters. The molecular formula is C16H29N2O4Si+. The van der Waals surface area contributed by atoms with E-state index >= 15 is 0 Å². The van der Waals surface area contributed by atoms with Gasteiger partial charge in [0.25, 0.3) is 0 Å². The van der Waals surface area contributed by atoms with Gasteiger partial charge in [0.1, 0.15) is 6.10 Å². The molecule has 6 nitrogen and oxygen atoms in total. The summed E-state index contributed by atoms with van der Waals surface area (Å²) in [4.78, 5) is 14.9. The Labute approximate surface area is 139 Å². The highest BCUT2D eigenvalue weighted by Gasteiger charge is 2.43. The number of diazo groups is 1. The third kappa shape index (κ3) is 5.04. The summed E-state index contributed by atoms with van der Waals surface area (Å²) < 4.78 is 11.9. The van der Waals surface area contributed by atoms with Gasteiger partial charge < -0.3 is 14.3 Å². The zero-order valence-electron chi connectivity index (χ0n) is 15.0. The van der Waals surface area contributed by atoms with Gasteiger partial charge in [-0.3, -0.25) is 0 Å². The smallest absolute Gasteiger partial charge is 0.504 e. The zero-order chi connectivity index (χ0) is 17.8. The Bertz CT molecular complexity index is 513. The van der Waals surface area contributed by atoms with Crippen molar-refractivity contribution in [1.29, 1.82) is 5.39 Å². The van der Waals surface area contributed by atoms with E-state index in [0.717, 1.165) is 19.3 Å². The van der Waals surface area contributed by atoms with Crippen molar-refractivity contribution >= 4 is 14.3 Å². The number of ether oxygens (including phenoxy) is 1. The molecule has 0 spiro atoms. The molecule has 0 amide bonds. The van der Waals surface area contributed by atoms with Crippen LogP contribution in [0.4, 0.5) is 0 Å². The molecule has 0 aromatic carbocycles. The number of carbonyl (C=O) groups excluding carboxylic acids is 1. The predicted octanol–water partition coefficient (Wildman–Crippen LogP) is 4.51. The highest BCUT2D eigenvalue weighted by molar-refractivity contribution is 6.74. The first-order valence-electron chi connectivity index (χ1n) is 8.13. The van der Waals surface area contributed by atoms with Crippen LogP contribution in [-0.4, -0.2) is 31.6 Å². The lowest BCUT2D eigenvalue weighted by Gasteiger charge is -2.42. The van der Waals surface area contributed by atoms with E-state index in [1.165, 1.54) is 6.92 Å². The fourth-order valence-electron chi connectivity index (χ4n) is 2.34. The number of aliphatic hydroxyl groups is 1. The van der Waals surface area contributed by atoms with Crippen LogP contribution >= 0.6 is 0 Å². The first kappa shape index (κ1) is 19.7. The molecule has 1 aliphatic carbocycles.